The van der Waals surface area contributed by atoms with Crippen LogP contribution in [0, 0.1) is 0 Å². The minimum Gasteiger partial charge on any atom is -0.399 e. The normalized spacial score (nSPS) is 11.4. The van der Waals surface area contributed by atoms with Crippen molar-refractivity contribution >= 4 is 16.7 Å². The number of benzene rings is 1. The number of anilines is 1. The maximum atomic E-state index is 5.70. The topological polar surface area (TPSA) is 47.1 Å². The summed E-state index contributed by atoms with van der Waals surface area (Å²) in [5.41, 5.74) is 8.57. The van der Waals surface area contributed by atoms with Crippen molar-refractivity contribution < 1.29 is 0 Å². The van der Waals surface area contributed by atoms with E-state index in [0.717, 1.165) is 29.8 Å². The molecule has 0 unspecified atom stereocenters. The minimum absolute atomic E-state index is 0.764. The van der Waals surface area contributed by atoms with Gasteiger partial charge in [-0.05, 0) is 32.3 Å². The average molecular weight is 204 g/mol. The first-order valence-electron chi connectivity index (χ1n) is 5.02. The zero-order chi connectivity index (χ0) is 10.8. The van der Waals surface area contributed by atoms with E-state index in [1.807, 2.05) is 24.5 Å². The number of nitrogen functional groups attached to an aromatic ring is 1. The van der Waals surface area contributed by atoms with Crippen molar-refractivity contribution in [3.05, 3.63) is 24.5 Å². The molecule has 2 rings (SSSR count). The Morgan fingerprint density at radius 1 is 1.40 bits per heavy atom. The summed E-state index contributed by atoms with van der Waals surface area (Å²) in [6.45, 7) is 1.96. The molecule has 0 aliphatic heterocycles. The van der Waals surface area contributed by atoms with Gasteiger partial charge in [-0.1, -0.05) is 0 Å². The standard InChI is InChI=1S/C11H16N4/c1-14(2)5-6-15-8-13-10-7-9(12)3-4-11(10)15/h3-4,7-8H,5-6,12H2,1-2H3. The third kappa shape index (κ3) is 2.10. The second-order valence-corrected chi connectivity index (χ2v) is 3.99. The Hall–Kier alpha value is -1.55. The number of nitrogens with two attached hydrogens (primary N) is 1. The molecule has 2 aromatic rings. The second-order valence-electron chi connectivity index (χ2n) is 3.99. The van der Waals surface area contributed by atoms with Crippen LogP contribution in [0.15, 0.2) is 24.5 Å². The summed E-state index contributed by atoms with van der Waals surface area (Å²) >= 11 is 0. The smallest absolute Gasteiger partial charge is 0.0958 e. The van der Waals surface area contributed by atoms with Gasteiger partial charge in [0, 0.05) is 18.8 Å². The SMILES string of the molecule is CN(C)CCn1cnc2cc(N)ccc21. The van der Waals surface area contributed by atoms with Gasteiger partial charge in [-0.3, -0.25) is 0 Å². The first-order chi connectivity index (χ1) is 7.16. The molecule has 4 heteroatoms. The quantitative estimate of drug-likeness (QED) is 0.764. The molecular formula is C11H16N4. The number of aromatic nitrogens is 2. The molecule has 0 aliphatic rings. The van der Waals surface area contributed by atoms with Crippen LogP contribution in [0.4, 0.5) is 5.69 Å². The average Bonchev–Trinajstić information content (AvgIpc) is 2.57. The Morgan fingerprint density at radius 2 is 2.20 bits per heavy atom. The lowest BCUT2D eigenvalue weighted by Gasteiger charge is -2.10. The van der Waals surface area contributed by atoms with Gasteiger partial charge in [0.25, 0.3) is 0 Å². The summed E-state index contributed by atoms with van der Waals surface area (Å²) in [5, 5.41) is 0. The number of rotatable bonds is 3. The van der Waals surface area contributed by atoms with Crippen LogP contribution >= 0.6 is 0 Å². The van der Waals surface area contributed by atoms with Gasteiger partial charge in [0.1, 0.15) is 0 Å². The Labute approximate surface area is 89.3 Å². The highest BCUT2D eigenvalue weighted by Crippen LogP contribution is 2.15. The van der Waals surface area contributed by atoms with Gasteiger partial charge in [0.05, 0.1) is 17.4 Å². The summed E-state index contributed by atoms with van der Waals surface area (Å²) in [6.07, 6.45) is 1.87. The molecule has 1 aromatic carbocycles. The lowest BCUT2D eigenvalue weighted by Crippen LogP contribution is -2.17. The minimum atomic E-state index is 0.764. The number of imidazole rings is 1. The molecule has 0 radical (unpaired) electrons. The van der Waals surface area contributed by atoms with Crippen molar-refractivity contribution in [2.24, 2.45) is 0 Å². The molecule has 80 valence electrons. The Morgan fingerprint density at radius 3 is 2.93 bits per heavy atom. The lowest BCUT2D eigenvalue weighted by atomic mass is 10.3. The zero-order valence-electron chi connectivity index (χ0n) is 9.14. The molecule has 0 fully saturated rings. The lowest BCUT2D eigenvalue weighted by molar-refractivity contribution is 0.386. The Balaban J connectivity index is 2.29. The van der Waals surface area contributed by atoms with Gasteiger partial charge in [-0.25, -0.2) is 4.98 Å². The van der Waals surface area contributed by atoms with E-state index in [4.69, 9.17) is 5.73 Å². The van der Waals surface area contributed by atoms with E-state index in [1.54, 1.807) is 0 Å². The third-order valence-corrected chi connectivity index (χ3v) is 2.43. The van der Waals surface area contributed by atoms with E-state index in [0.29, 0.717) is 0 Å². The van der Waals surface area contributed by atoms with Crippen molar-refractivity contribution in [3.8, 4) is 0 Å². The van der Waals surface area contributed by atoms with E-state index in [9.17, 15) is 0 Å². The van der Waals surface area contributed by atoms with Crippen molar-refractivity contribution in [2.45, 2.75) is 6.54 Å². The second kappa shape index (κ2) is 3.90. The van der Waals surface area contributed by atoms with Crippen molar-refractivity contribution in [1.82, 2.24) is 14.5 Å². The van der Waals surface area contributed by atoms with Crippen LogP contribution < -0.4 is 5.73 Å². The highest BCUT2D eigenvalue weighted by atomic mass is 15.1. The van der Waals surface area contributed by atoms with Crippen LogP contribution in [0.2, 0.25) is 0 Å². The number of nitrogens with zero attached hydrogens (tertiary/aromatic N) is 3. The first kappa shape index (κ1) is 9.98. The Bertz CT molecular complexity index is 459. The zero-order valence-corrected chi connectivity index (χ0v) is 9.14. The monoisotopic (exact) mass is 204 g/mol. The van der Waals surface area contributed by atoms with E-state index >= 15 is 0 Å². The molecular weight excluding hydrogens is 188 g/mol. The van der Waals surface area contributed by atoms with Crippen molar-refractivity contribution in [2.75, 3.05) is 26.4 Å². The molecule has 0 amide bonds. The van der Waals surface area contributed by atoms with Gasteiger partial charge >= 0.3 is 0 Å². The fourth-order valence-electron chi connectivity index (χ4n) is 1.57. The number of fused-ring (bicyclic) bond motifs is 1. The van der Waals surface area contributed by atoms with E-state index in [2.05, 4.69) is 28.5 Å². The molecule has 1 aromatic heterocycles. The maximum absolute atomic E-state index is 5.70. The third-order valence-electron chi connectivity index (χ3n) is 2.43. The highest BCUT2D eigenvalue weighted by Gasteiger charge is 2.02. The molecule has 15 heavy (non-hydrogen) atoms. The largest absolute Gasteiger partial charge is 0.399 e. The highest BCUT2D eigenvalue weighted by molar-refractivity contribution is 5.78. The molecule has 1 heterocycles. The summed E-state index contributed by atoms with van der Waals surface area (Å²) in [7, 11) is 4.13. The predicted octanol–water partition coefficient (Wildman–Crippen LogP) is 1.18. The van der Waals surface area contributed by atoms with Crippen LogP contribution in [0.5, 0.6) is 0 Å². The summed E-state index contributed by atoms with van der Waals surface area (Å²) in [4.78, 5) is 6.48. The van der Waals surface area contributed by atoms with E-state index in [-0.39, 0.29) is 0 Å². The predicted molar refractivity (Wildman–Crippen MR) is 62.7 cm³/mol. The fraction of sp³-hybridized carbons (Fsp3) is 0.364. The number of hydrogen-bond acceptors (Lipinski definition) is 3. The van der Waals surface area contributed by atoms with Crippen molar-refractivity contribution in [3.63, 3.8) is 0 Å². The molecule has 0 saturated heterocycles. The van der Waals surface area contributed by atoms with Crippen LogP contribution in [0.25, 0.3) is 11.0 Å². The molecule has 4 nitrogen and oxygen atoms in total. The maximum Gasteiger partial charge on any atom is 0.0958 e. The molecule has 0 spiro atoms. The molecule has 0 atom stereocenters. The number of likely N-dealkylation sites (N-methyl/N-ethyl adjacent to an activating group) is 1. The molecule has 0 saturated carbocycles. The summed E-state index contributed by atoms with van der Waals surface area (Å²) < 4.78 is 2.15. The molecule has 2 N–H and O–H groups in total. The summed E-state index contributed by atoms with van der Waals surface area (Å²) in [5.74, 6) is 0. The van der Waals surface area contributed by atoms with Crippen LogP contribution in [-0.4, -0.2) is 35.1 Å². The van der Waals surface area contributed by atoms with Gasteiger partial charge in [-0.2, -0.15) is 0 Å². The summed E-state index contributed by atoms with van der Waals surface area (Å²) in [6, 6.07) is 5.84. The fourth-order valence-corrected chi connectivity index (χ4v) is 1.57. The van der Waals surface area contributed by atoms with E-state index in [1.165, 1.54) is 0 Å². The molecule has 0 bridgehead atoms. The first-order valence-corrected chi connectivity index (χ1v) is 5.02. The Kier molecular flexibility index (Phi) is 2.60. The van der Waals surface area contributed by atoms with Crippen molar-refractivity contribution in [1.29, 1.82) is 0 Å². The van der Waals surface area contributed by atoms with Crippen LogP contribution in [-0.2, 0) is 6.54 Å². The van der Waals surface area contributed by atoms with Gasteiger partial charge < -0.3 is 15.2 Å². The van der Waals surface area contributed by atoms with Crippen LogP contribution in [0.1, 0.15) is 0 Å². The molecule has 0 aliphatic carbocycles. The van der Waals surface area contributed by atoms with Gasteiger partial charge in [-0.15, -0.1) is 0 Å². The number of hydrogen-bond donors (Lipinski definition) is 1. The van der Waals surface area contributed by atoms with E-state index < -0.39 is 0 Å². The van der Waals surface area contributed by atoms with Gasteiger partial charge in [0.2, 0.25) is 0 Å². The van der Waals surface area contributed by atoms with Gasteiger partial charge in [0.15, 0.2) is 0 Å². The van der Waals surface area contributed by atoms with Crippen LogP contribution in [0.3, 0.4) is 0 Å².